The molecule has 0 unspecified atom stereocenters. The van der Waals surface area contributed by atoms with Gasteiger partial charge >= 0.3 is 0 Å². The first-order chi connectivity index (χ1) is 4.77. The Balaban J connectivity index is 4.15. The Kier molecular flexibility index (Phi) is 3.44. The van der Waals surface area contributed by atoms with Gasteiger partial charge in [0.1, 0.15) is 6.67 Å². The van der Waals surface area contributed by atoms with Crippen LogP contribution in [0.15, 0.2) is 0 Å². The van der Waals surface area contributed by atoms with Gasteiger partial charge in [-0.3, -0.25) is 0 Å². The van der Waals surface area contributed by atoms with Crippen LogP contribution < -0.4 is 5.73 Å². The monoisotopic (exact) mass is 183 g/mol. The van der Waals surface area contributed by atoms with Crippen molar-refractivity contribution >= 4 is 9.84 Å². The maximum absolute atomic E-state index is 11.6. The Morgan fingerprint density at radius 3 is 2.18 bits per heavy atom. The Morgan fingerprint density at radius 1 is 1.45 bits per heavy atom. The molecule has 0 aliphatic rings. The molecule has 68 valence electrons. The summed E-state index contributed by atoms with van der Waals surface area (Å²) in [5.74, 6) is -0.586. The molecule has 0 atom stereocenters. The van der Waals surface area contributed by atoms with E-state index in [9.17, 15) is 12.8 Å². The van der Waals surface area contributed by atoms with Crippen LogP contribution in [0, 0.1) is 0 Å². The summed E-state index contributed by atoms with van der Waals surface area (Å²) in [6.45, 7) is 2.37. The second-order valence-electron chi connectivity index (χ2n) is 3.27. The number of halogens is 1. The lowest BCUT2D eigenvalue weighted by molar-refractivity contribution is 0.507. The second-order valence-corrected chi connectivity index (χ2v) is 5.45. The summed E-state index contributed by atoms with van der Waals surface area (Å²) in [6, 6.07) is 0. The Bertz CT molecular complexity index is 205. The summed E-state index contributed by atoms with van der Waals surface area (Å²) in [4.78, 5) is 0. The minimum Gasteiger partial charge on any atom is -0.325 e. The summed E-state index contributed by atoms with van der Waals surface area (Å²) in [7, 11) is -3.29. The summed E-state index contributed by atoms with van der Waals surface area (Å²) in [6.07, 6.45) is 0. The lowest BCUT2D eigenvalue weighted by Gasteiger charge is -2.17. The minimum atomic E-state index is -3.29. The summed E-state index contributed by atoms with van der Waals surface area (Å²) >= 11 is 0. The Morgan fingerprint density at radius 2 is 1.91 bits per heavy atom. The number of nitrogens with two attached hydrogens (primary N) is 1. The van der Waals surface area contributed by atoms with Crippen LogP contribution in [-0.2, 0) is 9.84 Å². The average molecular weight is 183 g/mol. The normalized spacial score (nSPS) is 13.5. The fourth-order valence-corrected chi connectivity index (χ4v) is 2.27. The SMILES string of the molecule is CC(C)(N)CS(=O)(=O)CCF. The van der Waals surface area contributed by atoms with Gasteiger partial charge in [0.2, 0.25) is 0 Å². The van der Waals surface area contributed by atoms with Gasteiger partial charge in [-0.25, -0.2) is 12.8 Å². The van der Waals surface area contributed by atoms with Gasteiger partial charge in [0.15, 0.2) is 9.84 Å². The van der Waals surface area contributed by atoms with Crippen LogP contribution in [0.2, 0.25) is 0 Å². The van der Waals surface area contributed by atoms with E-state index in [4.69, 9.17) is 5.73 Å². The molecule has 0 aliphatic heterocycles. The lowest BCUT2D eigenvalue weighted by atomic mass is 10.1. The molecule has 0 saturated heterocycles. The van der Waals surface area contributed by atoms with Crippen molar-refractivity contribution in [2.24, 2.45) is 5.73 Å². The van der Waals surface area contributed by atoms with Gasteiger partial charge in [-0.2, -0.15) is 0 Å². The molecule has 0 aliphatic carbocycles. The number of hydrogen-bond acceptors (Lipinski definition) is 3. The quantitative estimate of drug-likeness (QED) is 0.673. The van der Waals surface area contributed by atoms with E-state index in [0.717, 1.165) is 0 Å². The van der Waals surface area contributed by atoms with E-state index in [-0.39, 0.29) is 5.75 Å². The van der Waals surface area contributed by atoms with Gasteiger partial charge in [-0.15, -0.1) is 0 Å². The van der Waals surface area contributed by atoms with Crippen LogP contribution in [0.25, 0.3) is 0 Å². The molecule has 11 heavy (non-hydrogen) atoms. The van der Waals surface area contributed by atoms with E-state index < -0.39 is 27.8 Å². The summed E-state index contributed by atoms with van der Waals surface area (Å²) in [5.41, 5.74) is 4.68. The zero-order valence-corrected chi connectivity index (χ0v) is 7.62. The lowest BCUT2D eigenvalue weighted by Crippen LogP contribution is -2.40. The standard InChI is InChI=1S/C6H14FNO2S/c1-6(2,8)5-11(9,10)4-3-7/h3-5,8H2,1-2H3. The highest BCUT2D eigenvalue weighted by Gasteiger charge is 2.21. The van der Waals surface area contributed by atoms with E-state index >= 15 is 0 Å². The van der Waals surface area contributed by atoms with Crippen LogP contribution in [0.3, 0.4) is 0 Å². The molecule has 0 aromatic rings. The molecule has 0 aromatic carbocycles. The van der Waals surface area contributed by atoms with Crippen molar-refractivity contribution in [3.8, 4) is 0 Å². The van der Waals surface area contributed by atoms with Gasteiger partial charge in [0.25, 0.3) is 0 Å². The molecule has 0 heterocycles. The van der Waals surface area contributed by atoms with Gasteiger partial charge in [-0.05, 0) is 13.8 Å². The number of hydrogen-bond donors (Lipinski definition) is 1. The topological polar surface area (TPSA) is 60.2 Å². The smallest absolute Gasteiger partial charge is 0.154 e. The zero-order valence-electron chi connectivity index (χ0n) is 6.80. The minimum absolute atomic E-state index is 0.163. The highest BCUT2D eigenvalue weighted by Crippen LogP contribution is 2.03. The van der Waals surface area contributed by atoms with Crippen LogP contribution in [-0.4, -0.2) is 32.1 Å². The molecular formula is C6H14FNO2S. The molecule has 0 aromatic heterocycles. The molecule has 5 heteroatoms. The van der Waals surface area contributed by atoms with Crippen molar-refractivity contribution in [1.82, 2.24) is 0 Å². The maximum Gasteiger partial charge on any atom is 0.154 e. The number of alkyl halides is 1. The fourth-order valence-electron chi connectivity index (χ4n) is 0.757. The van der Waals surface area contributed by atoms with Crippen LogP contribution in [0.4, 0.5) is 4.39 Å². The largest absolute Gasteiger partial charge is 0.325 e. The molecular weight excluding hydrogens is 169 g/mol. The predicted octanol–water partition coefficient (Wildman–Crippen LogP) is 0.108. The molecule has 0 fully saturated rings. The van der Waals surface area contributed by atoms with Gasteiger partial charge < -0.3 is 5.73 Å². The first-order valence-electron chi connectivity index (χ1n) is 3.32. The third kappa shape index (κ3) is 6.25. The predicted molar refractivity (Wildman–Crippen MR) is 42.9 cm³/mol. The van der Waals surface area contributed by atoms with Crippen LogP contribution in [0.5, 0.6) is 0 Å². The average Bonchev–Trinajstić information content (AvgIpc) is 1.55. The maximum atomic E-state index is 11.6. The Labute approximate surface area is 66.7 Å². The highest BCUT2D eigenvalue weighted by molar-refractivity contribution is 7.91. The third-order valence-electron chi connectivity index (χ3n) is 0.980. The zero-order chi connectivity index (χ0) is 9.12. The first kappa shape index (κ1) is 10.8. The van der Waals surface area contributed by atoms with E-state index in [0.29, 0.717) is 0 Å². The Hall–Kier alpha value is -0.160. The molecule has 0 bridgehead atoms. The number of rotatable bonds is 4. The molecule has 0 spiro atoms. The van der Waals surface area contributed by atoms with E-state index in [1.165, 1.54) is 0 Å². The van der Waals surface area contributed by atoms with Crippen LogP contribution >= 0.6 is 0 Å². The summed E-state index contributed by atoms with van der Waals surface area (Å²) < 4.78 is 33.5. The molecule has 0 amide bonds. The van der Waals surface area contributed by atoms with Gasteiger partial charge in [-0.1, -0.05) is 0 Å². The van der Waals surface area contributed by atoms with Crippen molar-refractivity contribution in [3.05, 3.63) is 0 Å². The highest BCUT2D eigenvalue weighted by atomic mass is 32.2. The van der Waals surface area contributed by atoms with Gasteiger partial charge in [0.05, 0.1) is 11.5 Å². The van der Waals surface area contributed by atoms with E-state index in [2.05, 4.69) is 0 Å². The molecule has 0 saturated carbocycles. The second kappa shape index (κ2) is 3.49. The van der Waals surface area contributed by atoms with Crippen molar-refractivity contribution < 1.29 is 12.8 Å². The van der Waals surface area contributed by atoms with Crippen molar-refractivity contribution in [1.29, 1.82) is 0 Å². The van der Waals surface area contributed by atoms with Crippen molar-refractivity contribution in [2.75, 3.05) is 18.2 Å². The third-order valence-corrected chi connectivity index (χ3v) is 2.94. The molecule has 2 N–H and O–H groups in total. The molecule has 3 nitrogen and oxygen atoms in total. The van der Waals surface area contributed by atoms with E-state index in [1.54, 1.807) is 13.8 Å². The first-order valence-corrected chi connectivity index (χ1v) is 5.14. The van der Waals surface area contributed by atoms with Gasteiger partial charge in [0, 0.05) is 5.54 Å². The molecule has 0 radical (unpaired) electrons. The molecule has 0 rings (SSSR count). The fraction of sp³-hybridized carbons (Fsp3) is 1.00. The van der Waals surface area contributed by atoms with Crippen molar-refractivity contribution in [2.45, 2.75) is 19.4 Å². The van der Waals surface area contributed by atoms with Crippen molar-refractivity contribution in [3.63, 3.8) is 0 Å². The summed E-state index contributed by atoms with van der Waals surface area (Å²) in [5, 5.41) is 0. The number of sulfone groups is 1. The van der Waals surface area contributed by atoms with Crippen LogP contribution in [0.1, 0.15) is 13.8 Å². The van der Waals surface area contributed by atoms with E-state index in [1.807, 2.05) is 0 Å².